The maximum Gasteiger partial charge on any atom is 0.277 e. The fourth-order valence-electron chi connectivity index (χ4n) is 4.06. The Morgan fingerprint density at radius 1 is 1.10 bits per heavy atom. The van der Waals surface area contributed by atoms with Crippen LogP contribution in [-0.4, -0.2) is 33.9 Å². The molecule has 162 valence electrons. The summed E-state index contributed by atoms with van der Waals surface area (Å²) in [6.45, 7) is 0.349. The number of carbonyl (C=O) groups is 1. The number of amides is 1. The van der Waals surface area contributed by atoms with Gasteiger partial charge in [0.2, 0.25) is 0 Å². The Morgan fingerprint density at radius 2 is 1.81 bits per heavy atom. The lowest BCUT2D eigenvalue weighted by Gasteiger charge is -2.30. The topological polar surface area (TPSA) is 32.8 Å². The zero-order chi connectivity index (χ0) is 22.0. The highest BCUT2D eigenvalue weighted by Crippen LogP contribution is 2.31. The lowest BCUT2D eigenvalue weighted by molar-refractivity contribution is -0.124. The van der Waals surface area contributed by atoms with Gasteiger partial charge in [0, 0.05) is 28.7 Å². The third-order valence-corrected chi connectivity index (χ3v) is 6.88. The number of hydrogen-bond donors (Lipinski definition) is 0. The Hall–Kier alpha value is -2.08. The predicted octanol–water partition coefficient (Wildman–Crippen LogP) is 6.30. The molecule has 0 unspecified atom stereocenters. The van der Waals surface area contributed by atoms with Crippen molar-refractivity contribution in [2.75, 3.05) is 7.05 Å². The number of benzene rings is 2. The fraction of sp³-hybridized carbons (Fsp3) is 0.333. The molecule has 2 fully saturated rings. The van der Waals surface area contributed by atoms with Crippen molar-refractivity contribution in [1.82, 2.24) is 9.80 Å². The first-order chi connectivity index (χ1) is 14.9. The summed E-state index contributed by atoms with van der Waals surface area (Å²) in [6, 6.07) is 13.2. The van der Waals surface area contributed by atoms with Crippen LogP contribution in [0.15, 0.2) is 48.2 Å². The quantitative estimate of drug-likeness (QED) is 0.375. The molecule has 1 aliphatic heterocycles. The number of halogens is 2. The van der Waals surface area contributed by atoms with E-state index in [1.54, 1.807) is 12.1 Å². The largest absolute Gasteiger partial charge is 0.489 e. The van der Waals surface area contributed by atoms with Gasteiger partial charge in [0.25, 0.3) is 5.91 Å². The summed E-state index contributed by atoms with van der Waals surface area (Å²) in [5.41, 5.74) is 2.39. The van der Waals surface area contributed by atoms with E-state index in [4.69, 9.17) is 40.2 Å². The van der Waals surface area contributed by atoms with Gasteiger partial charge >= 0.3 is 0 Å². The number of rotatable bonds is 5. The maximum atomic E-state index is 13.1. The molecule has 1 saturated carbocycles. The van der Waals surface area contributed by atoms with Crippen LogP contribution >= 0.6 is 35.4 Å². The molecule has 1 heterocycles. The average molecular weight is 475 g/mol. The molecule has 1 saturated heterocycles. The second-order valence-electron chi connectivity index (χ2n) is 7.93. The van der Waals surface area contributed by atoms with Crippen LogP contribution in [0.25, 0.3) is 6.08 Å². The van der Waals surface area contributed by atoms with Crippen LogP contribution in [0.2, 0.25) is 10.0 Å². The SMILES string of the molecule is CN1C(=S)N(C2CCCCC2)C(=O)/C1=C/c1ccc(OCc2ccc(Cl)cc2Cl)cc1. The van der Waals surface area contributed by atoms with Crippen molar-refractivity contribution < 1.29 is 9.53 Å². The highest BCUT2D eigenvalue weighted by molar-refractivity contribution is 7.80. The Balaban J connectivity index is 1.44. The van der Waals surface area contributed by atoms with E-state index < -0.39 is 0 Å². The second-order valence-corrected chi connectivity index (χ2v) is 9.14. The molecule has 1 amide bonds. The van der Waals surface area contributed by atoms with E-state index in [-0.39, 0.29) is 11.9 Å². The van der Waals surface area contributed by atoms with Gasteiger partial charge in [-0.25, -0.2) is 0 Å². The standard InChI is InChI=1S/C24H24Cl2N2O2S/c1-27-22(23(29)28(24(27)31)19-5-3-2-4-6-19)13-16-7-11-20(12-8-16)30-15-17-9-10-18(25)14-21(17)26/h7-14,19H,2-6,15H2,1H3/b22-13-. The smallest absolute Gasteiger partial charge is 0.277 e. The fourth-order valence-corrected chi connectivity index (χ4v) is 4.85. The van der Waals surface area contributed by atoms with Crippen LogP contribution in [0.3, 0.4) is 0 Å². The van der Waals surface area contributed by atoms with E-state index in [1.165, 1.54) is 6.42 Å². The first kappa shape index (κ1) is 22.1. The molecular formula is C24H24Cl2N2O2S. The molecule has 2 aliphatic rings. The van der Waals surface area contributed by atoms with Crippen LogP contribution in [-0.2, 0) is 11.4 Å². The Kier molecular flexibility index (Phi) is 6.85. The van der Waals surface area contributed by atoms with Gasteiger partial charge in [-0.05, 0) is 61.0 Å². The zero-order valence-corrected chi connectivity index (χ0v) is 19.6. The second kappa shape index (κ2) is 9.60. The number of ether oxygens (including phenoxy) is 1. The van der Waals surface area contributed by atoms with Crippen molar-refractivity contribution >= 4 is 52.5 Å². The van der Waals surface area contributed by atoms with Crippen molar-refractivity contribution in [3.63, 3.8) is 0 Å². The predicted molar refractivity (Wildman–Crippen MR) is 129 cm³/mol. The van der Waals surface area contributed by atoms with E-state index in [2.05, 4.69) is 0 Å². The van der Waals surface area contributed by atoms with Crippen LogP contribution < -0.4 is 4.74 Å². The lowest BCUT2D eigenvalue weighted by atomic mass is 9.94. The molecule has 0 spiro atoms. The minimum absolute atomic E-state index is 0.00268. The van der Waals surface area contributed by atoms with E-state index in [9.17, 15) is 4.79 Å². The Labute approximate surface area is 198 Å². The lowest BCUT2D eigenvalue weighted by Crippen LogP contribution is -2.41. The maximum absolute atomic E-state index is 13.1. The number of nitrogens with zero attached hydrogens (tertiary/aromatic N) is 2. The summed E-state index contributed by atoms with van der Waals surface area (Å²) < 4.78 is 5.84. The minimum Gasteiger partial charge on any atom is -0.489 e. The summed E-state index contributed by atoms with van der Waals surface area (Å²) >= 11 is 17.7. The number of thiocarbonyl (C=S) groups is 1. The molecule has 0 N–H and O–H groups in total. The monoisotopic (exact) mass is 474 g/mol. The van der Waals surface area contributed by atoms with Gasteiger partial charge in [-0.2, -0.15) is 0 Å². The first-order valence-corrected chi connectivity index (χ1v) is 11.6. The Morgan fingerprint density at radius 3 is 2.48 bits per heavy atom. The van der Waals surface area contributed by atoms with E-state index in [0.29, 0.717) is 27.5 Å². The van der Waals surface area contributed by atoms with Crippen molar-refractivity contribution in [2.24, 2.45) is 0 Å². The highest BCUT2D eigenvalue weighted by Gasteiger charge is 2.40. The molecule has 0 aromatic heterocycles. The molecule has 31 heavy (non-hydrogen) atoms. The third kappa shape index (κ3) is 4.89. The third-order valence-electron chi connectivity index (χ3n) is 5.83. The molecule has 0 bridgehead atoms. The van der Waals surface area contributed by atoms with Gasteiger partial charge in [-0.15, -0.1) is 0 Å². The summed E-state index contributed by atoms with van der Waals surface area (Å²) in [6.07, 6.45) is 7.48. The molecule has 0 atom stereocenters. The highest BCUT2D eigenvalue weighted by atomic mass is 35.5. The summed E-state index contributed by atoms with van der Waals surface area (Å²) in [4.78, 5) is 16.7. The van der Waals surface area contributed by atoms with Gasteiger partial charge in [-0.1, -0.05) is 60.7 Å². The molecule has 2 aromatic carbocycles. The number of likely N-dealkylation sites (N-methyl/N-ethyl adjacent to an activating group) is 1. The number of hydrogen-bond acceptors (Lipinski definition) is 3. The zero-order valence-electron chi connectivity index (χ0n) is 17.3. The van der Waals surface area contributed by atoms with Crippen LogP contribution in [0.1, 0.15) is 43.2 Å². The summed E-state index contributed by atoms with van der Waals surface area (Å²) in [7, 11) is 1.86. The molecule has 4 rings (SSSR count). The molecular weight excluding hydrogens is 451 g/mol. The van der Waals surface area contributed by atoms with Crippen LogP contribution in [0, 0.1) is 0 Å². The van der Waals surface area contributed by atoms with Gasteiger partial charge < -0.3 is 9.64 Å². The van der Waals surface area contributed by atoms with E-state index in [1.807, 2.05) is 53.3 Å². The van der Waals surface area contributed by atoms with Gasteiger partial charge in [0.15, 0.2) is 5.11 Å². The van der Waals surface area contributed by atoms with Gasteiger partial charge in [-0.3, -0.25) is 9.69 Å². The van der Waals surface area contributed by atoms with Crippen molar-refractivity contribution in [2.45, 2.75) is 44.8 Å². The summed E-state index contributed by atoms with van der Waals surface area (Å²) in [5, 5.41) is 1.78. The van der Waals surface area contributed by atoms with E-state index >= 15 is 0 Å². The molecule has 2 aromatic rings. The van der Waals surface area contributed by atoms with E-state index in [0.717, 1.165) is 42.6 Å². The van der Waals surface area contributed by atoms with Gasteiger partial charge in [0.1, 0.15) is 18.1 Å². The first-order valence-electron chi connectivity index (χ1n) is 10.4. The van der Waals surface area contributed by atoms with Crippen molar-refractivity contribution in [3.05, 3.63) is 69.3 Å². The van der Waals surface area contributed by atoms with Crippen molar-refractivity contribution in [1.29, 1.82) is 0 Å². The molecule has 1 aliphatic carbocycles. The van der Waals surface area contributed by atoms with Gasteiger partial charge in [0.05, 0.1) is 0 Å². The molecule has 4 nitrogen and oxygen atoms in total. The normalized spacial score (nSPS) is 18.9. The summed E-state index contributed by atoms with van der Waals surface area (Å²) in [5.74, 6) is 0.718. The molecule has 7 heteroatoms. The number of carbonyl (C=O) groups excluding carboxylic acids is 1. The molecule has 0 radical (unpaired) electrons. The minimum atomic E-state index is -0.00268. The van der Waals surface area contributed by atoms with Crippen molar-refractivity contribution in [3.8, 4) is 5.75 Å². The van der Waals surface area contributed by atoms with Crippen LogP contribution in [0.5, 0.6) is 5.75 Å². The Bertz CT molecular complexity index is 1020. The van der Waals surface area contributed by atoms with Crippen LogP contribution in [0.4, 0.5) is 0 Å². The average Bonchev–Trinajstić information content (AvgIpc) is 2.98.